The molecule has 2 atom stereocenters. The van der Waals surface area contributed by atoms with E-state index in [9.17, 15) is 0 Å². The van der Waals surface area contributed by atoms with Gasteiger partial charge in [0.15, 0.2) is 0 Å². The van der Waals surface area contributed by atoms with Crippen LogP contribution < -0.4 is 5.73 Å². The second-order valence-electron chi connectivity index (χ2n) is 2.34. The van der Waals surface area contributed by atoms with Crippen LogP contribution in [0.5, 0.6) is 0 Å². The summed E-state index contributed by atoms with van der Waals surface area (Å²) in [7, 11) is 0. The maximum atomic E-state index is 5.56. The maximum absolute atomic E-state index is 5.56. The fraction of sp³-hybridized carbons (Fsp3) is 1.00. The van der Waals surface area contributed by atoms with Crippen LogP contribution in [0.4, 0.5) is 0 Å². The first-order valence-corrected chi connectivity index (χ1v) is 3.25. The van der Waals surface area contributed by atoms with Crippen molar-refractivity contribution in [2.24, 2.45) is 5.73 Å². The molecule has 0 aromatic carbocycles. The molecule has 1 aliphatic rings. The molecule has 0 aromatic rings. The van der Waals surface area contributed by atoms with Gasteiger partial charge in [0.05, 0.1) is 25.9 Å². The lowest BCUT2D eigenvalue weighted by Gasteiger charge is -2.25. The van der Waals surface area contributed by atoms with E-state index in [-0.39, 0.29) is 12.1 Å². The zero-order valence-corrected chi connectivity index (χ0v) is 5.67. The molecule has 0 spiro atoms. The molecule has 0 amide bonds. The van der Waals surface area contributed by atoms with Crippen molar-refractivity contribution < 1.29 is 9.47 Å². The summed E-state index contributed by atoms with van der Waals surface area (Å²) in [6.07, 6.45) is 0.110. The van der Waals surface area contributed by atoms with Gasteiger partial charge in [-0.15, -0.1) is 0 Å². The van der Waals surface area contributed by atoms with E-state index in [2.05, 4.69) is 0 Å². The molecule has 1 heterocycles. The fourth-order valence-corrected chi connectivity index (χ4v) is 0.810. The van der Waals surface area contributed by atoms with Gasteiger partial charge < -0.3 is 15.2 Å². The van der Waals surface area contributed by atoms with Gasteiger partial charge >= 0.3 is 0 Å². The Labute approximate surface area is 55.1 Å². The van der Waals surface area contributed by atoms with Crippen LogP contribution in [-0.4, -0.2) is 32.0 Å². The second kappa shape index (κ2) is 3.15. The zero-order valence-electron chi connectivity index (χ0n) is 5.67. The minimum Gasteiger partial charge on any atom is -0.376 e. The number of hydrogen-bond donors (Lipinski definition) is 1. The molecule has 9 heavy (non-hydrogen) atoms. The van der Waals surface area contributed by atoms with Crippen LogP contribution in [0.25, 0.3) is 0 Å². The van der Waals surface area contributed by atoms with Crippen LogP contribution in [0.2, 0.25) is 0 Å². The number of nitrogens with two attached hydrogens (primary N) is 1. The number of hydrogen-bond acceptors (Lipinski definition) is 3. The van der Waals surface area contributed by atoms with Gasteiger partial charge in [0.2, 0.25) is 0 Å². The number of rotatable bonds is 1. The molecular formula is C6H13NO2. The zero-order chi connectivity index (χ0) is 6.69. The first-order valence-electron chi connectivity index (χ1n) is 3.25. The van der Waals surface area contributed by atoms with E-state index in [0.717, 1.165) is 0 Å². The minimum atomic E-state index is 0.0882. The van der Waals surface area contributed by atoms with Gasteiger partial charge in [0, 0.05) is 6.04 Å². The van der Waals surface area contributed by atoms with Gasteiger partial charge in [0.1, 0.15) is 0 Å². The normalized spacial score (nSPS) is 32.0. The van der Waals surface area contributed by atoms with Crippen molar-refractivity contribution >= 4 is 0 Å². The van der Waals surface area contributed by atoms with E-state index in [4.69, 9.17) is 15.2 Å². The molecule has 0 unspecified atom stereocenters. The summed E-state index contributed by atoms with van der Waals surface area (Å²) in [6, 6.07) is 0.0882. The van der Waals surface area contributed by atoms with Crippen molar-refractivity contribution in [2.45, 2.75) is 19.1 Å². The highest BCUT2D eigenvalue weighted by atomic mass is 16.6. The average molecular weight is 131 g/mol. The standard InChI is InChI=1S/C6H13NO2/c1-5(7)6-4-8-2-3-9-6/h5-6H,2-4,7H2,1H3/t5-,6-/m1/s1. The van der Waals surface area contributed by atoms with Crippen molar-refractivity contribution in [3.05, 3.63) is 0 Å². The van der Waals surface area contributed by atoms with Crippen molar-refractivity contribution in [1.82, 2.24) is 0 Å². The SMILES string of the molecule is C[C@@H](N)[C@H]1COCCO1. The van der Waals surface area contributed by atoms with Crippen LogP contribution in [0.1, 0.15) is 6.92 Å². The lowest BCUT2D eigenvalue weighted by atomic mass is 10.2. The predicted molar refractivity (Wildman–Crippen MR) is 34.2 cm³/mol. The molecule has 3 nitrogen and oxygen atoms in total. The topological polar surface area (TPSA) is 44.5 Å². The van der Waals surface area contributed by atoms with Crippen molar-refractivity contribution in [3.63, 3.8) is 0 Å². The van der Waals surface area contributed by atoms with Crippen molar-refractivity contribution in [1.29, 1.82) is 0 Å². The molecule has 0 aliphatic carbocycles. The van der Waals surface area contributed by atoms with Crippen molar-refractivity contribution in [3.8, 4) is 0 Å². The number of ether oxygens (including phenoxy) is 2. The van der Waals surface area contributed by atoms with Crippen LogP contribution in [0.3, 0.4) is 0 Å². The third-order valence-electron chi connectivity index (χ3n) is 1.43. The third-order valence-corrected chi connectivity index (χ3v) is 1.43. The lowest BCUT2D eigenvalue weighted by molar-refractivity contribution is -0.0948. The summed E-state index contributed by atoms with van der Waals surface area (Å²) in [4.78, 5) is 0. The first kappa shape index (κ1) is 6.99. The van der Waals surface area contributed by atoms with Crippen LogP contribution >= 0.6 is 0 Å². The summed E-state index contributed by atoms with van der Waals surface area (Å²) in [5.41, 5.74) is 5.56. The second-order valence-corrected chi connectivity index (χ2v) is 2.34. The average Bonchev–Trinajstić information content (AvgIpc) is 1.90. The van der Waals surface area contributed by atoms with E-state index < -0.39 is 0 Å². The fourth-order valence-electron chi connectivity index (χ4n) is 0.810. The van der Waals surface area contributed by atoms with Crippen LogP contribution in [0, 0.1) is 0 Å². The Morgan fingerprint density at radius 3 is 2.67 bits per heavy atom. The van der Waals surface area contributed by atoms with Gasteiger partial charge in [-0.05, 0) is 6.92 Å². The van der Waals surface area contributed by atoms with E-state index in [1.165, 1.54) is 0 Å². The monoisotopic (exact) mass is 131 g/mol. The Hall–Kier alpha value is -0.120. The molecule has 1 fully saturated rings. The third kappa shape index (κ3) is 1.93. The summed E-state index contributed by atoms with van der Waals surface area (Å²) in [5, 5.41) is 0. The van der Waals surface area contributed by atoms with E-state index in [0.29, 0.717) is 19.8 Å². The molecule has 0 saturated carbocycles. The van der Waals surface area contributed by atoms with Gasteiger partial charge in [-0.2, -0.15) is 0 Å². The molecule has 0 aromatic heterocycles. The predicted octanol–water partition coefficient (Wildman–Crippen LogP) is -0.251. The molecule has 1 saturated heterocycles. The summed E-state index contributed by atoms with van der Waals surface area (Å²) >= 11 is 0. The molecule has 0 radical (unpaired) electrons. The maximum Gasteiger partial charge on any atom is 0.0957 e. The van der Waals surface area contributed by atoms with Gasteiger partial charge in [0.25, 0.3) is 0 Å². The molecular weight excluding hydrogens is 118 g/mol. The Morgan fingerprint density at radius 1 is 1.56 bits per heavy atom. The molecule has 54 valence electrons. The molecule has 1 rings (SSSR count). The first-order chi connectivity index (χ1) is 4.30. The molecule has 0 bridgehead atoms. The van der Waals surface area contributed by atoms with Crippen LogP contribution in [-0.2, 0) is 9.47 Å². The summed E-state index contributed by atoms with van der Waals surface area (Å²) < 4.78 is 10.4. The Bertz CT molecular complexity index is 79.1. The smallest absolute Gasteiger partial charge is 0.0957 e. The van der Waals surface area contributed by atoms with Gasteiger partial charge in [-0.25, -0.2) is 0 Å². The largest absolute Gasteiger partial charge is 0.376 e. The summed E-state index contributed by atoms with van der Waals surface area (Å²) in [5.74, 6) is 0. The quantitative estimate of drug-likeness (QED) is 0.533. The van der Waals surface area contributed by atoms with Gasteiger partial charge in [-0.1, -0.05) is 0 Å². The minimum absolute atomic E-state index is 0.0882. The highest BCUT2D eigenvalue weighted by molar-refractivity contribution is 4.69. The molecule has 1 aliphatic heterocycles. The summed E-state index contributed by atoms with van der Waals surface area (Å²) in [6.45, 7) is 3.98. The van der Waals surface area contributed by atoms with E-state index in [1.54, 1.807) is 0 Å². The van der Waals surface area contributed by atoms with Crippen LogP contribution in [0.15, 0.2) is 0 Å². The van der Waals surface area contributed by atoms with Crippen molar-refractivity contribution in [2.75, 3.05) is 19.8 Å². The Kier molecular flexibility index (Phi) is 2.45. The molecule has 2 N–H and O–H groups in total. The van der Waals surface area contributed by atoms with E-state index >= 15 is 0 Å². The lowest BCUT2D eigenvalue weighted by Crippen LogP contribution is -2.41. The Morgan fingerprint density at radius 2 is 2.33 bits per heavy atom. The highest BCUT2D eigenvalue weighted by Gasteiger charge is 2.17. The van der Waals surface area contributed by atoms with E-state index in [1.807, 2.05) is 6.92 Å². The molecule has 3 heteroatoms. The highest BCUT2D eigenvalue weighted by Crippen LogP contribution is 2.02. The van der Waals surface area contributed by atoms with Gasteiger partial charge in [-0.3, -0.25) is 0 Å². The Balaban J connectivity index is 2.23.